The number of pyridine rings is 1. The first kappa shape index (κ1) is 19.6. The molecule has 0 saturated heterocycles. The fraction of sp³-hybridized carbons (Fsp3) is 0.190. The van der Waals surface area contributed by atoms with Gasteiger partial charge in [-0.2, -0.15) is 5.26 Å². The first-order valence-corrected chi connectivity index (χ1v) is 10.7. The third-order valence-corrected chi connectivity index (χ3v) is 5.99. The van der Waals surface area contributed by atoms with E-state index < -0.39 is 0 Å². The Morgan fingerprint density at radius 3 is 2.72 bits per heavy atom. The van der Waals surface area contributed by atoms with Gasteiger partial charge in [0.25, 0.3) is 0 Å². The maximum Gasteiger partial charge on any atom is 0.184 e. The van der Waals surface area contributed by atoms with Crippen LogP contribution in [0.5, 0.6) is 0 Å². The Morgan fingerprint density at radius 2 is 2.03 bits per heavy atom. The van der Waals surface area contributed by atoms with E-state index in [0.717, 1.165) is 39.1 Å². The summed E-state index contributed by atoms with van der Waals surface area (Å²) in [6.07, 6.45) is 2.83. The van der Waals surface area contributed by atoms with E-state index in [1.54, 1.807) is 12.1 Å². The van der Waals surface area contributed by atoms with Gasteiger partial charge in [0.1, 0.15) is 28.1 Å². The van der Waals surface area contributed by atoms with Crippen LogP contribution in [0.4, 0.5) is 9.52 Å². The molecule has 29 heavy (non-hydrogen) atoms. The number of nitrogens with zero attached hydrogens (tertiary/aromatic N) is 4. The van der Waals surface area contributed by atoms with Crippen molar-refractivity contribution < 1.29 is 4.39 Å². The van der Waals surface area contributed by atoms with Crippen LogP contribution in [-0.2, 0) is 13.0 Å². The van der Waals surface area contributed by atoms with Crippen molar-refractivity contribution in [1.29, 1.82) is 5.26 Å². The van der Waals surface area contributed by atoms with Crippen LogP contribution in [0.1, 0.15) is 28.8 Å². The second-order valence-corrected chi connectivity index (χ2v) is 8.48. The molecule has 0 fully saturated rings. The van der Waals surface area contributed by atoms with Crippen LogP contribution >= 0.6 is 27.3 Å². The van der Waals surface area contributed by atoms with Gasteiger partial charge in [0.15, 0.2) is 5.13 Å². The number of rotatable bonds is 5. The number of nitriles is 1. The van der Waals surface area contributed by atoms with Gasteiger partial charge in [0.05, 0.1) is 17.9 Å². The van der Waals surface area contributed by atoms with Crippen LogP contribution in [0, 0.1) is 24.1 Å². The molecule has 4 rings (SSSR count). The van der Waals surface area contributed by atoms with E-state index in [1.165, 1.54) is 23.5 Å². The molecule has 3 heterocycles. The second-order valence-electron chi connectivity index (χ2n) is 6.56. The number of benzene rings is 1. The highest BCUT2D eigenvalue weighted by Crippen LogP contribution is 2.31. The molecule has 0 amide bonds. The van der Waals surface area contributed by atoms with E-state index in [-0.39, 0.29) is 5.82 Å². The van der Waals surface area contributed by atoms with Gasteiger partial charge in [0.2, 0.25) is 0 Å². The normalized spacial score (nSPS) is 11.0. The number of aromatic nitrogens is 3. The minimum atomic E-state index is -0.318. The molecular weight excluding hydrogens is 453 g/mol. The minimum absolute atomic E-state index is 0.318. The maximum atomic E-state index is 13.2. The molecule has 8 heteroatoms. The standard InChI is InChI=1S/C21H17BrFN5S/c1-3-16-17(28-11-14(22)8-12(2)20(28)26-16)10-25-21-27-19(18(9-24)29-21)13-4-6-15(23)7-5-13/h4-8,11H,3,10H2,1-2H3,(H,25,27). The molecule has 0 aliphatic carbocycles. The van der Waals surface area contributed by atoms with Crippen LogP contribution in [-0.4, -0.2) is 14.4 Å². The summed E-state index contributed by atoms with van der Waals surface area (Å²) in [6.45, 7) is 4.65. The Hall–Kier alpha value is -2.76. The quantitative estimate of drug-likeness (QED) is 0.406. The Labute approximate surface area is 180 Å². The maximum absolute atomic E-state index is 13.2. The number of thiazole rings is 1. The fourth-order valence-corrected chi connectivity index (χ4v) is 4.60. The lowest BCUT2D eigenvalue weighted by Crippen LogP contribution is -2.05. The van der Waals surface area contributed by atoms with E-state index in [2.05, 4.69) is 43.6 Å². The van der Waals surface area contributed by atoms with Crippen LogP contribution in [0.15, 0.2) is 41.0 Å². The molecule has 0 saturated carbocycles. The zero-order valence-electron chi connectivity index (χ0n) is 15.8. The topological polar surface area (TPSA) is 66.0 Å². The Kier molecular flexibility index (Phi) is 5.35. The Bertz CT molecular complexity index is 1240. The smallest absolute Gasteiger partial charge is 0.184 e. The average molecular weight is 470 g/mol. The number of hydrogen-bond donors (Lipinski definition) is 1. The molecule has 0 bridgehead atoms. The Balaban J connectivity index is 1.66. The molecule has 146 valence electrons. The number of anilines is 1. The highest BCUT2D eigenvalue weighted by atomic mass is 79.9. The first-order valence-electron chi connectivity index (χ1n) is 9.06. The number of aryl methyl sites for hydroxylation is 2. The summed E-state index contributed by atoms with van der Waals surface area (Å²) < 4.78 is 16.3. The molecule has 0 aliphatic rings. The minimum Gasteiger partial charge on any atom is -0.356 e. The molecule has 0 aliphatic heterocycles. The third kappa shape index (κ3) is 3.76. The van der Waals surface area contributed by atoms with Crippen LogP contribution < -0.4 is 5.32 Å². The molecule has 0 unspecified atom stereocenters. The summed E-state index contributed by atoms with van der Waals surface area (Å²) in [5.41, 5.74) is 5.40. The van der Waals surface area contributed by atoms with Gasteiger partial charge in [-0.3, -0.25) is 0 Å². The van der Waals surface area contributed by atoms with Crippen molar-refractivity contribution in [1.82, 2.24) is 14.4 Å². The van der Waals surface area contributed by atoms with Gasteiger partial charge in [-0.25, -0.2) is 14.4 Å². The van der Waals surface area contributed by atoms with Gasteiger partial charge in [0, 0.05) is 16.2 Å². The number of hydrogen-bond acceptors (Lipinski definition) is 5. The Morgan fingerprint density at radius 1 is 1.28 bits per heavy atom. The summed E-state index contributed by atoms with van der Waals surface area (Å²) in [4.78, 5) is 9.84. The molecule has 1 N–H and O–H groups in total. The largest absolute Gasteiger partial charge is 0.356 e. The average Bonchev–Trinajstić information content (AvgIpc) is 3.28. The molecule has 0 radical (unpaired) electrons. The van der Waals surface area contributed by atoms with E-state index in [1.807, 2.05) is 19.2 Å². The van der Waals surface area contributed by atoms with E-state index >= 15 is 0 Å². The van der Waals surface area contributed by atoms with Crippen LogP contribution in [0.25, 0.3) is 16.9 Å². The lowest BCUT2D eigenvalue weighted by atomic mass is 10.1. The third-order valence-electron chi connectivity index (χ3n) is 4.64. The van der Waals surface area contributed by atoms with Crippen molar-refractivity contribution in [3.8, 4) is 17.3 Å². The van der Waals surface area contributed by atoms with Crippen molar-refractivity contribution in [2.45, 2.75) is 26.8 Å². The van der Waals surface area contributed by atoms with E-state index in [9.17, 15) is 9.65 Å². The highest BCUT2D eigenvalue weighted by molar-refractivity contribution is 9.10. The SMILES string of the molecule is CCc1nc2c(C)cc(Br)cn2c1CNc1nc(-c2ccc(F)cc2)c(C#N)s1. The van der Waals surface area contributed by atoms with Crippen LogP contribution in [0.3, 0.4) is 0 Å². The molecule has 1 aromatic carbocycles. The summed E-state index contributed by atoms with van der Waals surface area (Å²) in [5, 5.41) is 13.5. The summed E-state index contributed by atoms with van der Waals surface area (Å²) in [6, 6.07) is 10.2. The number of halogens is 2. The number of imidazole rings is 1. The summed E-state index contributed by atoms with van der Waals surface area (Å²) in [5.74, 6) is -0.318. The molecule has 4 aromatic rings. The zero-order valence-corrected chi connectivity index (χ0v) is 18.2. The van der Waals surface area contributed by atoms with Gasteiger partial charge in [-0.1, -0.05) is 18.3 Å². The lowest BCUT2D eigenvalue weighted by molar-refractivity contribution is 0.628. The summed E-state index contributed by atoms with van der Waals surface area (Å²) in [7, 11) is 0. The first-order chi connectivity index (χ1) is 14.0. The van der Waals surface area contributed by atoms with Crippen molar-refractivity contribution in [3.05, 3.63) is 68.6 Å². The summed E-state index contributed by atoms with van der Waals surface area (Å²) >= 11 is 4.85. The van der Waals surface area contributed by atoms with Crippen LogP contribution in [0.2, 0.25) is 0 Å². The van der Waals surface area contributed by atoms with Crippen molar-refractivity contribution in [2.24, 2.45) is 0 Å². The van der Waals surface area contributed by atoms with E-state index in [4.69, 9.17) is 4.98 Å². The highest BCUT2D eigenvalue weighted by Gasteiger charge is 2.16. The van der Waals surface area contributed by atoms with Crippen molar-refractivity contribution in [2.75, 3.05) is 5.32 Å². The monoisotopic (exact) mass is 469 g/mol. The molecule has 0 atom stereocenters. The predicted octanol–water partition coefficient (Wildman–Crippen LogP) is 5.71. The van der Waals surface area contributed by atoms with Gasteiger partial charge in [-0.05, 0) is 65.2 Å². The number of fused-ring (bicyclic) bond motifs is 1. The molecule has 5 nitrogen and oxygen atoms in total. The number of nitrogens with one attached hydrogen (secondary N) is 1. The van der Waals surface area contributed by atoms with Gasteiger partial charge in [-0.15, -0.1) is 0 Å². The van der Waals surface area contributed by atoms with Crippen molar-refractivity contribution >= 4 is 38.0 Å². The van der Waals surface area contributed by atoms with E-state index in [0.29, 0.717) is 22.2 Å². The van der Waals surface area contributed by atoms with Crippen molar-refractivity contribution in [3.63, 3.8) is 0 Å². The molecule has 3 aromatic heterocycles. The molecule has 0 spiro atoms. The molecular formula is C21H17BrFN5S. The van der Waals surface area contributed by atoms with Gasteiger partial charge < -0.3 is 9.72 Å². The fourth-order valence-electron chi connectivity index (χ4n) is 3.27. The lowest BCUT2D eigenvalue weighted by Gasteiger charge is -2.07. The van der Waals surface area contributed by atoms with Gasteiger partial charge >= 0.3 is 0 Å². The zero-order chi connectivity index (χ0) is 20.5. The second kappa shape index (κ2) is 7.93. The predicted molar refractivity (Wildman–Crippen MR) is 117 cm³/mol.